The lowest BCUT2D eigenvalue weighted by Gasteiger charge is -2.15. The molecule has 0 radical (unpaired) electrons. The molecule has 116 valence electrons. The number of esters is 1. The van der Waals surface area contributed by atoms with E-state index in [9.17, 15) is 9.18 Å². The maximum atomic E-state index is 13.0. The minimum Gasteiger partial charge on any atom is -0.459 e. The summed E-state index contributed by atoms with van der Waals surface area (Å²) in [7, 11) is 0. The van der Waals surface area contributed by atoms with Gasteiger partial charge in [0.1, 0.15) is 12.4 Å². The van der Waals surface area contributed by atoms with Crippen LogP contribution in [0.15, 0.2) is 22.7 Å². The maximum Gasteiger partial charge on any atom is 0.335 e. The van der Waals surface area contributed by atoms with Crippen molar-refractivity contribution in [3.8, 4) is 0 Å². The van der Waals surface area contributed by atoms with E-state index in [2.05, 4.69) is 15.9 Å². The normalized spacial score (nSPS) is 19.5. The lowest BCUT2D eigenvalue weighted by Crippen LogP contribution is -2.27. The second-order valence-electron chi connectivity index (χ2n) is 4.95. The zero-order valence-electron chi connectivity index (χ0n) is 11.8. The number of carbonyl (C=O) groups is 1. The van der Waals surface area contributed by atoms with Gasteiger partial charge in [0.15, 0.2) is 6.10 Å². The molecule has 0 amide bonds. The lowest BCUT2D eigenvalue weighted by molar-refractivity contribution is -0.159. The van der Waals surface area contributed by atoms with Crippen LogP contribution in [-0.4, -0.2) is 31.4 Å². The van der Waals surface area contributed by atoms with Crippen molar-refractivity contribution in [1.82, 2.24) is 0 Å². The second-order valence-corrected chi connectivity index (χ2v) is 5.81. The molecule has 0 spiro atoms. The van der Waals surface area contributed by atoms with Crippen molar-refractivity contribution < 1.29 is 23.4 Å². The van der Waals surface area contributed by atoms with Crippen molar-refractivity contribution >= 4 is 21.9 Å². The van der Waals surface area contributed by atoms with Gasteiger partial charge in [0, 0.05) is 16.6 Å². The van der Waals surface area contributed by atoms with Crippen molar-refractivity contribution in [3.63, 3.8) is 0 Å². The zero-order chi connectivity index (χ0) is 15.2. The molecule has 1 aromatic carbocycles. The van der Waals surface area contributed by atoms with Crippen LogP contribution in [0.5, 0.6) is 0 Å². The summed E-state index contributed by atoms with van der Waals surface area (Å²) < 4.78 is 29.6. The molecule has 1 heterocycles. The van der Waals surface area contributed by atoms with Gasteiger partial charge in [-0.25, -0.2) is 9.18 Å². The number of hydrogen-bond donors (Lipinski definition) is 0. The van der Waals surface area contributed by atoms with Gasteiger partial charge in [0.05, 0.1) is 12.7 Å². The van der Waals surface area contributed by atoms with E-state index in [1.807, 2.05) is 0 Å². The SMILES string of the molecule is CC(OCC1CCCO1)C(=O)OCc1ccc(F)cc1Br. The molecular formula is C15H18BrFO4. The Morgan fingerprint density at radius 1 is 1.57 bits per heavy atom. The van der Waals surface area contributed by atoms with Crippen molar-refractivity contribution in [2.24, 2.45) is 0 Å². The molecule has 0 aromatic heterocycles. The van der Waals surface area contributed by atoms with Gasteiger partial charge in [-0.3, -0.25) is 0 Å². The van der Waals surface area contributed by atoms with Gasteiger partial charge in [-0.05, 0) is 31.9 Å². The number of ether oxygens (including phenoxy) is 3. The van der Waals surface area contributed by atoms with Crippen LogP contribution in [0.2, 0.25) is 0 Å². The smallest absolute Gasteiger partial charge is 0.335 e. The van der Waals surface area contributed by atoms with Crippen LogP contribution < -0.4 is 0 Å². The summed E-state index contributed by atoms with van der Waals surface area (Å²) in [5.41, 5.74) is 0.705. The second kappa shape index (κ2) is 7.87. The van der Waals surface area contributed by atoms with Crippen LogP contribution in [0, 0.1) is 5.82 Å². The van der Waals surface area contributed by atoms with Gasteiger partial charge in [-0.2, -0.15) is 0 Å². The van der Waals surface area contributed by atoms with Crippen molar-refractivity contribution in [2.45, 2.75) is 38.6 Å². The topological polar surface area (TPSA) is 44.8 Å². The number of carbonyl (C=O) groups excluding carboxylic acids is 1. The standard InChI is InChI=1S/C15H18BrFO4/c1-10(20-9-13-3-2-6-19-13)15(18)21-8-11-4-5-12(17)7-14(11)16/h4-5,7,10,13H,2-3,6,8-9H2,1H3. The minimum absolute atomic E-state index is 0.0755. The third kappa shape index (κ3) is 5.05. The Bertz CT molecular complexity index is 489. The molecule has 1 aliphatic heterocycles. The van der Waals surface area contributed by atoms with Crippen molar-refractivity contribution in [1.29, 1.82) is 0 Å². The number of halogens is 2. The molecule has 2 atom stereocenters. The minimum atomic E-state index is -0.645. The molecule has 4 nitrogen and oxygen atoms in total. The highest BCUT2D eigenvalue weighted by Gasteiger charge is 2.21. The summed E-state index contributed by atoms with van der Waals surface area (Å²) in [5, 5.41) is 0. The first kappa shape index (κ1) is 16.4. The van der Waals surface area contributed by atoms with Gasteiger partial charge in [-0.15, -0.1) is 0 Å². The molecule has 6 heteroatoms. The molecule has 1 saturated heterocycles. The molecule has 1 fully saturated rings. The Hall–Kier alpha value is -0.980. The monoisotopic (exact) mass is 360 g/mol. The Morgan fingerprint density at radius 2 is 2.38 bits per heavy atom. The molecular weight excluding hydrogens is 343 g/mol. The molecule has 0 aliphatic carbocycles. The maximum absolute atomic E-state index is 13.0. The molecule has 0 bridgehead atoms. The lowest BCUT2D eigenvalue weighted by atomic mass is 10.2. The first-order valence-corrected chi connectivity index (χ1v) is 7.69. The molecule has 21 heavy (non-hydrogen) atoms. The van der Waals surface area contributed by atoms with E-state index >= 15 is 0 Å². The fourth-order valence-corrected chi connectivity index (χ4v) is 2.47. The van der Waals surface area contributed by atoms with Gasteiger partial charge < -0.3 is 14.2 Å². The summed E-state index contributed by atoms with van der Waals surface area (Å²) >= 11 is 3.23. The molecule has 1 aromatic rings. The van der Waals surface area contributed by atoms with Crippen LogP contribution in [0.25, 0.3) is 0 Å². The summed E-state index contributed by atoms with van der Waals surface area (Å²) in [4.78, 5) is 11.8. The Balaban J connectivity index is 1.75. The van der Waals surface area contributed by atoms with E-state index in [1.54, 1.807) is 13.0 Å². The summed E-state index contributed by atoms with van der Waals surface area (Å²) in [6.07, 6.45) is 1.43. The van der Waals surface area contributed by atoms with Crippen LogP contribution in [0.1, 0.15) is 25.3 Å². The van der Waals surface area contributed by atoms with Crippen molar-refractivity contribution in [2.75, 3.05) is 13.2 Å². The van der Waals surface area contributed by atoms with E-state index in [1.165, 1.54) is 12.1 Å². The zero-order valence-corrected chi connectivity index (χ0v) is 13.4. The quantitative estimate of drug-likeness (QED) is 0.730. The summed E-state index contributed by atoms with van der Waals surface area (Å²) in [6, 6.07) is 4.23. The highest BCUT2D eigenvalue weighted by atomic mass is 79.9. The van der Waals surface area contributed by atoms with E-state index in [0.29, 0.717) is 16.6 Å². The molecule has 1 aliphatic rings. The number of rotatable bonds is 6. The molecule has 2 rings (SSSR count). The average molecular weight is 361 g/mol. The summed E-state index contributed by atoms with van der Waals surface area (Å²) in [6.45, 7) is 2.88. The fourth-order valence-electron chi connectivity index (χ4n) is 2.00. The molecule has 0 N–H and O–H groups in total. The highest BCUT2D eigenvalue weighted by Crippen LogP contribution is 2.19. The first-order chi connectivity index (χ1) is 10.1. The van der Waals surface area contributed by atoms with E-state index in [0.717, 1.165) is 19.4 Å². The van der Waals surface area contributed by atoms with E-state index in [4.69, 9.17) is 14.2 Å². The van der Waals surface area contributed by atoms with Crippen LogP contribution in [0.4, 0.5) is 4.39 Å². The predicted octanol–water partition coefficient (Wildman–Crippen LogP) is 3.22. The fraction of sp³-hybridized carbons (Fsp3) is 0.533. The summed E-state index contributed by atoms with van der Waals surface area (Å²) in [5.74, 6) is -0.783. The van der Waals surface area contributed by atoms with Crippen LogP contribution >= 0.6 is 15.9 Å². The average Bonchev–Trinajstić information content (AvgIpc) is 2.96. The third-order valence-electron chi connectivity index (χ3n) is 3.27. The molecule has 2 unspecified atom stereocenters. The molecule has 0 saturated carbocycles. The Kier molecular flexibility index (Phi) is 6.14. The third-order valence-corrected chi connectivity index (χ3v) is 4.01. The predicted molar refractivity (Wildman–Crippen MR) is 78.3 cm³/mol. The van der Waals surface area contributed by atoms with Gasteiger partial charge in [0.2, 0.25) is 0 Å². The highest BCUT2D eigenvalue weighted by molar-refractivity contribution is 9.10. The van der Waals surface area contributed by atoms with Crippen LogP contribution in [0.3, 0.4) is 0 Å². The Morgan fingerprint density at radius 3 is 3.05 bits per heavy atom. The number of benzene rings is 1. The largest absolute Gasteiger partial charge is 0.459 e. The first-order valence-electron chi connectivity index (χ1n) is 6.90. The van der Waals surface area contributed by atoms with Gasteiger partial charge in [-0.1, -0.05) is 22.0 Å². The Labute approximate surface area is 131 Å². The van der Waals surface area contributed by atoms with Gasteiger partial charge in [0.25, 0.3) is 0 Å². The van der Waals surface area contributed by atoms with Crippen LogP contribution in [-0.2, 0) is 25.6 Å². The number of hydrogen-bond acceptors (Lipinski definition) is 4. The van der Waals surface area contributed by atoms with Crippen molar-refractivity contribution in [3.05, 3.63) is 34.1 Å². The van der Waals surface area contributed by atoms with E-state index in [-0.39, 0.29) is 18.5 Å². The van der Waals surface area contributed by atoms with Gasteiger partial charge >= 0.3 is 5.97 Å². The van der Waals surface area contributed by atoms with E-state index < -0.39 is 12.1 Å².